The fourth-order valence-electron chi connectivity index (χ4n) is 0.704. The Morgan fingerprint density at radius 1 is 1.33 bits per heavy atom. The summed E-state index contributed by atoms with van der Waals surface area (Å²) in [4.78, 5) is 9.51. The van der Waals surface area contributed by atoms with E-state index in [0.717, 1.165) is 0 Å². The van der Waals surface area contributed by atoms with Crippen molar-refractivity contribution >= 4 is 28.9 Å². The molecule has 1 aromatic rings. The Hall–Kier alpha value is -1.00. The molecule has 64 valence electrons. The van der Waals surface area contributed by atoms with Crippen LogP contribution in [0.2, 0.25) is 10.0 Å². The summed E-state index contributed by atoms with van der Waals surface area (Å²) in [7, 11) is 0. The molecule has 0 aliphatic rings. The lowest BCUT2D eigenvalue weighted by atomic mass is 10.3. The summed E-state index contributed by atoms with van der Waals surface area (Å²) in [5, 5.41) is 19.2. The molecule has 0 amide bonds. The zero-order valence-electron chi connectivity index (χ0n) is 5.62. The van der Waals surface area contributed by atoms with E-state index in [1.54, 1.807) is 0 Å². The number of nitro benzene ring substituents is 1. The number of hydrogen-bond acceptors (Lipinski definition) is 3. The maximum absolute atomic E-state index is 10.3. The summed E-state index contributed by atoms with van der Waals surface area (Å²) in [6, 6.07) is 2.54. The van der Waals surface area contributed by atoms with Gasteiger partial charge in [0.25, 0.3) is 0 Å². The third-order valence-corrected chi connectivity index (χ3v) is 1.85. The van der Waals surface area contributed by atoms with Gasteiger partial charge < -0.3 is 5.11 Å². The molecule has 1 N–H and O–H groups in total. The molecule has 0 saturated carbocycles. The van der Waals surface area contributed by atoms with E-state index in [1.165, 1.54) is 12.1 Å². The number of rotatable bonds is 1. The molecule has 4 nitrogen and oxygen atoms in total. The molecule has 1 aromatic carbocycles. The Morgan fingerprint density at radius 3 is 2.25 bits per heavy atom. The van der Waals surface area contributed by atoms with E-state index in [2.05, 4.69) is 0 Å². The van der Waals surface area contributed by atoms with Crippen LogP contribution in [0.5, 0.6) is 5.75 Å². The highest BCUT2D eigenvalue weighted by molar-refractivity contribution is 6.36. The van der Waals surface area contributed by atoms with Crippen LogP contribution in [-0.4, -0.2) is 10.0 Å². The van der Waals surface area contributed by atoms with Gasteiger partial charge in [0, 0.05) is 0 Å². The molecule has 0 spiro atoms. The Morgan fingerprint density at radius 2 is 1.83 bits per heavy atom. The highest BCUT2D eigenvalue weighted by atomic mass is 35.5. The third kappa shape index (κ3) is 1.44. The number of benzene rings is 1. The number of hydrogen-bond donors (Lipinski definition) is 1. The fourth-order valence-corrected chi connectivity index (χ4v) is 1.08. The highest BCUT2D eigenvalue weighted by Gasteiger charge is 2.20. The molecular weight excluding hydrogens is 205 g/mol. The number of aromatic hydroxyl groups is 1. The van der Waals surface area contributed by atoms with Crippen LogP contribution in [0.3, 0.4) is 0 Å². The second-order valence-electron chi connectivity index (χ2n) is 1.98. The van der Waals surface area contributed by atoms with Crippen LogP contribution < -0.4 is 0 Å². The maximum Gasteiger partial charge on any atom is 0.330 e. The molecule has 0 aliphatic carbocycles. The first-order valence-electron chi connectivity index (χ1n) is 2.85. The number of nitro groups is 1. The van der Waals surface area contributed by atoms with Crippen LogP contribution >= 0.6 is 23.2 Å². The van der Waals surface area contributed by atoms with E-state index in [0.29, 0.717) is 0 Å². The van der Waals surface area contributed by atoms with Crippen LogP contribution in [0.15, 0.2) is 12.1 Å². The summed E-state index contributed by atoms with van der Waals surface area (Å²) < 4.78 is 0. The molecule has 6 heteroatoms. The van der Waals surface area contributed by atoms with Crippen molar-refractivity contribution in [2.45, 2.75) is 0 Å². The predicted molar refractivity (Wildman–Crippen MR) is 44.8 cm³/mol. The molecule has 12 heavy (non-hydrogen) atoms. The van der Waals surface area contributed by atoms with E-state index in [-0.39, 0.29) is 10.0 Å². The second-order valence-corrected chi connectivity index (χ2v) is 2.80. The molecular formula is C6H3Cl2NO3. The van der Waals surface area contributed by atoms with E-state index in [1.807, 2.05) is 0 Å². The van der Waals surface area contributed by atoms with Gasteiger partial charge in [0.1, 0.15) is 5.02 Å². The molecule has 0 bridgehead atoms. The van der Waals surface area contributed by atoms with Crippen molar-refractivity contribution in [2.24, 2.45) is 0 Å². The van der Waals surface area contributed by atoms with E-state index in [9.17, 15) is 10.1 Å². The van der Waals surface area contributed by atoms with Gasteiger partial charge in [0.15, 0.2) is 0 Å². The third-order valence-electron chi connectivity index (χ3n) is 1.24. The van der Waals surface area contributed by atoms with E-state index < -0.39 is 16.4 Å². The van der Waals surface area contributed by atoms with Gasteiger partial charge in [-0.15, -0.1) is 0 Å². The van der Waals surface area contributed by atoms with Crippen molar-refractivity contribution in [3.63, 3.8) is 0 Å². The van der Waals surface area contributed by atoms with Gasteiger partial charge in [-0.05, 0) is 12.1 Å². The predicted octanol–water partition coefficient (Wildman–Crippen LogP) is 2.61. The molecule has 0 saturated heterocycles. The minimum absolute atomic E-state index is 0.0916. The largest absolute Gasteiger partial charge is 0.501 e. The van der Waals surface area contributed by atoms with Gasteiger partial charge in [-0.2, -0.15) is 0 Å². The topological polar surface area (TPSA) is 63.4 Å². The summed E-state index contributed by atoms with van der Waals surface area (Å²) in [5.74, 6) is -0.603. The molecule has 0 atom stereocenters. The average Bonchev–Trinajstić information content (AvgIpc) is 1.97. The average molecular weight is 208 g/mol. The molecule has 0 aliphatic heterocycles. The zero-order chi connectivity index (χ0) is 9.30. The lowest BCUT2D eigenvalue weighted by Crippen LogP contribution is -1.89. The number of phenols is 1. The molecule has 1 rings (SSSR count). The summed E-state index contributed by atoms with van der Waals surface area (Å²) in [6.07, 6.45) is 0. The molecule has 0 radical (unpaired) electrons. The van der Waals surface area contributed by atoms with Crippen LogP contribution in [0.25, 0.3) is 0 Å². The van der Waals surface area contributed by atoms with Gasteiger partial charge in [0.05, 0.1) is 9.95 Å². The highest BCUT2D eigenvalue weighted by Crippen LogP contribution is 2.38. The van der Waals surface area contributed by atoms with Crippen molar-refractivity contribution in [1.29, 1.82) is 0 Å². The van der Waals surface area contributed by atoms with Crippen molar-refractivity contribution in [3.05, 3.63) is 32.3 Å². The van der Waals surface area contributed by atoms with Gasteiger partial charge in [-0.3, -0.25) is 10.1 Å². The van der Waals surface area contributed by atoms with Crippen molar-refractivity contribution in [3.8, 4) is 5.75 Å². The fraction of sp³-hybridized carbons (Fsp3) is 0. The quantitative estimate of drug-likeness (QED) is 0.569. The smallest absolute Gasteiger partial charge is 0.330 e. The first-order chi connectivity index (χ1) is 5.54. The summed E-state index contributed by atoms with van der Waals surface area (Å²) in [5.41, 5.74) is -0.566. The monoisotopic (exact) mass is 207 g/mol. The van der Waals surface area contributed by atoms with E-state index in [4.69, 9.17) is 28.3 Å². The van der Waals surface area contributed by atoms with Crippen molar-refractivity contribution < 1.29 is 10.0 Å². The standard InChI is InChI=1S/C6H3Cl2NO3/c7-3-1-2-4(8)6(10)5(3)9(11)12/h1-2,10H. The van der Waals surface area contributed by atoms with Gasteiger partial charge in [-0.1, -0.05) is 23.2 Å². The second kappa shape index (κ2) is 3.16. The number of nitrogens with zero attached hydrogens (tertiary/aromatic N) is 1. The molecule has 0 fully saturated rings. The Balaban J connectivity index is 3.43. The summed E-state index contributed by atoms with van der Waals surface area (Å²) in [6.45, 7) is 0. The number of phenolic OH excluding ortho intramolecular Hbond substituents is 1. The lowest BCUT2D eigenvalue weighted by molar-refractivity contribution is -0.385. The first kappa shape index (κ1) is 9.09. The zero-order valence-corrected chi connectivity index (χ0v) is 7.13. The molecule has 0 heterocycles. The van der Waals surface area contributed by atoms with Crippen LogP contribution in [0.1, 0.15) is 0 Å². The van der Waals surface area contributed by atoms with Gasteiger partial charge in [0.2, 0.25) is 5.75 Å². The number of halogens is 2. The Kier molecular flexibility index (Phi) is 2.40. The molecule has 0 unspecified atom stereocenters. The Bertz CT molecular complexity index is 340. The van der Waals surface area contributed by atoms with Crippen molar-refractivity contribution in [1.82, 2.24) is 0 Å². The van der Waals surface area contributed by atoms with Crippen LogP contribution in [0, 0.1) is 10.1 Å². The van der Waals surface area contributed by atoms with Crippen LogP contribution in [0.4, 0.5) is 5.69 Å². The Labute approximate surface area is 77.5 Å². The minimum Gasteiger partial charge on any atom is -0.501 e. The van der Waals surface area contributed by atoms with Crippen molar-refractivity contribution in [2.75, 3.05) is 0 Å². The van der Waals surface area contributed by atoms with Gasteiger partial charge >= 0.3 is 5.69 Å². The van der Waals surface area contributed by atoms with Gasteiger partial charge in [-0.25, -0.2) is 0 Å². The normalized spacial score (nSPS) is 9.83. The van der Waals surface area contributed by atoms with E-state index >= 15 is 0 Å². The maximum atomic E-state index is 10.3. The lowest BCUT2D eigenvalue weighted by Gasteiger charge is -1.98. The SMILES string of the molecule is O=[N+]([O-])c1c(Cl)ccc(Cl)c1O. The molecule has 0 aromatic heterocycles. The minimum atomic E-state index is -0.788. The van der Waals surface area contributed by atoms with Crippen LogP contribution in [-0.2, 0) is 0 Å². The first-order valence-corrected chi connectivity index (χ1v) is 3.61. The summed E-state index contributed by atoms with van der Waals surface area (Å²) >= 11 is 10.9.